The van der Waals surface area contributed by atoms with Gasteiger partial charge in [0.05, 0.1) is 0 Å². The Bertz CT molecular complexity index is 1550. The Hall–Kier alpha value is -2.48. The fourth-order valence-electron chi connectivity index (χ4n) is 10.9. The molecule has 2 aliphatic heterocycles. The summed E-state index contributed by atoms with van der Waals surface area (Å²) in [6.07, 6.45) is 13.0. The van der Waals surface area contributed by atoms with Crippen LogP contribution in [0.4, 0.5) is 5.69 Å². The van der Waals surface area contributed by atoms with Crippen LogP contribution in [0.1, 0.15) is 124 Å². The number of hydrogen-bond acceptors (Lipinski definition) is 2. The second-order valence-corrected chi connectivity index (χ2v) is 16.2. The number of nitrogens with zero attached hydrogens (tertiary/aromatic N) is 2. The van der Waals surface area contributed by atoms with E-state index in [1.807, 2.05) is 0 Å². The molecule has 7 rings (SSSR count). The first-order valence-corrected chi connectivity index (χ1v) is 17.0. The van der Waals surface area contributed by atoms with Crippen LogP contribution >= 0.6 is 0 Å². The minimum atomic E-state index is -0.00740. The van der Waals surface area contributed by atoms with Crippen molar-refractivity contribution in [3.05, 3.63) is 76.6 Å². The fraction of sp³-hybridized carbons (Fsp3) is 0.600. The van der Waals surface area contributed by atoms with Crippen LogP contribution in [-0.2, 0) is 10.8 Å². The van der Waals surface area contributed by atoms with Gasteiger partial charge in [0.15, 0.2) is 0 Å². The van der Waals surface area contributed by atoms with Gasteiger partial charge in [0.2, 0.25) is 0 Å². The second-order valence-electron chi connectivity index (χ2n) is 16.2. The van der Waals surface area contributed by atoms with Gasteiger partial charge in [0, 0.05) is 51.2 Å². The van der Waals surface area contributed by atoms with Gasteiger partial charge >= 0.3 is 0 Å². The number of anilines is 1. The molecule has 4 atom stereocenters. The summed E-state index contributed by atoms with van der Waals surface area (Å²) in [7, 11) is 2.46. The largest absolute Gasteiger partial charge is 0.355 e. The number of rotatable bonds is 6. The van der Waals surface area contributed by atoms with Crippen LogP contribution in [-0.4, -0.2) is 18.1 Å². The molecular formula is C40H54N2. The van der Waals surface area contributed by atoms with E-state index in [1.54, 1.807) is 17.0 Å². The highest BCUT2D eigenvalue weighted by Crippen LogP contribution is 2.75. The predicted octanol–water partition coefficient (Wildman–Crippen LogP) is 10.6. The summed E-state index contributed by atoms with van der Waals surface area (Å²) in [6.45, 7) is 25.0. The van der Waals surface area contributed by atoms with Gasteiger partial charge in [-0.05, 0) is 64.6 Å². The molecule has 2 heterocycles. The lowest BCUT2D eigenvalue weighted by atomic mass is 9.46. The minimum Gasteiger partial charge on any atom is -0.355 e. The maximum atomic E-state index is 2.90. The fourth-order valence-corrected chi connectivity index (χ4v) is 10.9. The molecule has 4 unspecified atom stereocenters. The lowest BCUT2D eigenvalue weighted by Crippen LogP contribution is -2.68. The van der Waals surface area contributed by atoms with Crippen molar-refractivity contribution in [2.24, 2.45) is 21.7 Å². The highest BCUT2D eigenvalue weighted by Gasteiger charge is 2.72. The van der Waals surface area contributed by atoms with Gasteiger partial charge in [-0.15, -0.1) is 0 Å². The van der Waals surface area contributed by atoms with Crippen LogP contribution in [0.25, 0.3) is 11.1 Å². The lowest BCUT2D eigenvalue weighted by Gasteiger charge is -2.66. The van der Waals surface area contributed by atoms with E-state index in [0.29, 0.717) is 6.17 Å². The van der Waals surface area contributed by atoms with Crippen molar-refractivity contribution in [2.45, 2.75) is 125 Å². The van der Waals surface area contributed by atoms with Crippen LogP contribution in [0.5, 0.6) is 0 Å². The van der Waals surface area contributed by atoms with Gasteiger partial charge in [-0.3, -0.25) is 0 Å². The molecule has 0 amide bonds. The number of fused-ring (bicyclic) bond motifs is 10. The first-order chi connectivity index (χ1) is 19.7. The first kappa shape index (κ1) is 28.3. The summed E-state index contributed by atoms with van der Waals surface area (Å²) in [5.41, 5.74) is 12.6. The van der Waals surface area contributed by atoms with Crippen LogP contribution in [0, 0.1) is 21.7 Å². The topological polar surface area (TPSA) is 6.48 Å². The molecular weight excluding hydrogens is 508 g/mol. The average molecular weight is 563 g/mol. The van der Waals surface area contributed by atoms with E-state index in [9.17, 15) is 0 Å². The molecule has 0 fully saturated rings. The van der Waals surface area contributed by atoms with Gasteiger partial charge in [0.1, 0.15) is 6.17 Å². The van der Waals surface area contributed by atoms with Gasteiger partial charge < -0.3 is 9.80 Å². The quantitative estimate of drug-likeness (QED) is 0.255. The third kappa shape index (κ3) is 2.77. The molecule has 0 saturated heterocycles. The molecule has 2 aromatic carbocycles. The minimum absolute atomic E-state index is 0.00740. The summed E-state index contributed by atoms with van der Waals surface area (Å²) in [4.78, 5) is 5.70. The highest BCUT2D eigenvalue weighted by molar-refractivity contribution is 5.86. The molecule has 3 aliphatic carbocycles. The lowest BCUT2D eigenvalue weighted by molar-refractivity contribution is -0.0126. The van der Waals surface area contributed by atoms with Crippen molar-refractivity contribution >= 4 is 5.69 Å². The van der Waals surface area contributed by atoms with E-state index < -0.39 is 0 Å². The zero-order valence-corrected chi connectivity index (χ0v) is 28.3. The number of hydrogen-bond donors (Lipinski definition) is 0. The Morgan fingerprint density at radius 2 is 1.45 bits per heavy atom. The summed E-state index contributed by atoms with van der Waals surface area (Å²) in [5.74, 6) is 0. The molecule has 0 radical (unpaired) electrons. The van der Waals surface area contributed by atoms with Gasteiger partial charge in [-0.1, -0.05) is 125 Å². The van der Waals surface area contributed by atoms with Crippen molar-refractivity contribution in [1.29, 1.82) is 0 Å². The number of benzene rings is 2. The van der Waals surface area contributed by atoms with Crippen LogP contribution in [0.3, 0.4) is 0 Å². The van der Waals surface area contributed by atoms with E-state index in [4.69, 9.17) is 0 Å². The molecule has 2 aromatic rings. The molecule has 224 valence electrons. The van der Waals surface area contributed by atoms with Crippen LogP contribution in [0.2, 0.25) is 0 Å². The van der Waals surface area contributed by atoms with Crippen LogP contribution in [0.15, 0.2) is 59.9 Å². The first-order valence-electron chi connectivity index (χ1n) is 17.0. The standard InChI is InChI=1S/C40H54N2/c1-12-15-18-21-38(10)33-32(36(6,7)37(38,8)9)42-31-25-29-27(26-19-16-17-20-28(26)35(29,4)5)24-30(31)39(13-2)22-23-40(39,14-3)34(42)41(33)11/h16-17,19-20,22-25,34H,12-15,18,21H2,1-11H3. The molecule has 5 aliphatic rings. The second kappa shape index (κ2) is 8.36. The van der Waals surface area contributed by atoms with E-state index in [-0.39, 0.29) is 32.5 Å². The van der Waals surface area contributed by atoms with Crippen molar-refractivity contribution in [2.75, 3.05) is 11.9 Å². The molecule has 2 heteroatoms. The third-order valence-electron chi connectivity index (χ3n) is 14.3. The number of allylic oxidation sites excluding steroid dienone is 3. The van der Waals surface area contributed by atoms with Crippen molar-refractivity contribution in [3.8, 4) is 11.1 Å². The van der Waals surface area contributed by atoms with Crippen molar-refractivity contribution in [1.82, 2.24) is 4.90 Å². The van der Waals surface area contributed by atoms with E-state index in [2.05, 4.69) is 135 Å². The van der Waals surface area contributed by atoms with Crippen molar-refractivity contribution in [3.63, 3.8) is 0 Å². The molecule has 0 bridgehead atoms. The van der Waals surface area contributed by atoms with E-state index in [0.717, 1.165) is 12.8 Å². The summed E-state index contributed by atoms with van der Waals surface area (Å²) in [5, 5.41) is 0. The molecule has 0 aromatic heterocycles. The molecule has 0 saturated carbocycles. The van der Waals surface area contributed by atoms with Gasteiger partial charge in [-0.2, -0.15) is 0 Å². The maximum Gasteiger partial charge on any atom is 0.116 e. The molecule has 0 spiro atoms. The Labute approximate surface area is 256 Å². The number of unbranched alkanes of at least 4 members (excludes halogenated alkanes) is 2. The summed E-state index contributed by atoms with van der Waals surface area (Å²) in [6, 6.07) is 14.5. The Morgan fingerprint density at radius 3 is 2.07 bits per heavy atom. The van der Waals surface area contributed by atoms with E-state index >= 15 is 0 Å². The maximum absolute atomic E-state index is 2.90. The van der Waals surface area contributed by atoms with E-state index in [1.165, 1.54) is 53.6 Å². The third-order valence-corrected chi connectivity index (χ3v) is 14.3. The zero-order chi connectivity index (χ0) is 30.3. The molecule has 42 heavy (non-hydrogen) atoms. The normalized spacial score (nSPS) is 33.5. The summed E-state index contributed by atoms with van der Waals surface area (Å²) < 4.78 is 0. The summed E-state index contributed by atoms with van der Waals surface area (Å²) >= 11 is 0. The van der Waals surface area contributed by atoms with Crippen molar-refractivity contribution < 1.29 is 0 Å². The SMILES string of the molecule is CCCCCC1(C)C2=C(N3c4cc5c(cc4C4(CC)C=CC4(CC)C3N2C)-c2ccccc2C5(C)C)C(C)(C)C1(C)C. The predicted molar refractivity (Wildman–Crippen MR) is 179 cm³/mol. The average Bonchev–Trinajstić information content (AvgIpc) is 3.41. The Balaban J connectivity index is 1.54. The zero-order valence-electron chi connectivity index (χ0n) is 28.3. The molecule has 0 N–H and O–H groups in total. The smallest absolute Gasteiger partial charge is 0.116 e. The molecule has 2 nitrogen and oxygen atoms in total. The van der Waals surface area contributed by atoms with Gasteiger partial charge in [0.25, 0.3) is 0 Å². The van der Waals surface area contributed by atoms with Crippen LogP contribution < -0.4 is 4.90 Å². The van der Waals surface area contributed by atoms with Gasteiger partial charge in [-0.25, -0.2) is 0 Å². The Morgan fingerprint density at radius 1 is 0.738 bits per heavy atom. The highest BCUT2D eigenvalue weighted by atomic mass is 15.4. The monoisotopic (exact) mass is 562 g/mol. The Kier molecular flexibility index (Phi) is 5.64.